The lowest BCUT2D eigenvalue weighted by atomic mass is 10.1. The zero-order valence-corrected chi connectivity index (χ0v) is 17.9. The Bertz CT molecular complexity index is 852. The third kappa shape index (κ3) is 4.72. The van der Waals surface area contributed by atoms with E-state index in [-0.39, 0.29) is 11.9 Å². The van der Waals surface area contributed by atoms with E-state index in [1.807, 2.05) is 25.1 Å². The number of carbonyl (C=O) groups excluding carboxylic acids is 1. The molecule has 1 aliphatic rings. The summed E-state index contributed by atoms with van der Waals surface area (Å²) in [6.07, 6.45) is 0. The monoisotopic (exact) mass is 422 g/mol. The number of ether oxygens (including phenoxy) is 1. The van der Waals surface area contributed by atoms with Gasteiger partial charge in [0.05, 0.1) is 39.0 Å². The van der Waals surface area contributed by atoms with Crippen molar-refractivity contribution in [2.75, 3.05) is 43.5 Å². The molecule has 0 radical (unpaired) electrons. The number of nitrogens with zero attached hydrogens (tertiary/aromatic N) is 1. The van der Waals surface area contributed by atoms with Crippen LogP contribution in [-0.4, -0.2) is 45.2 Å². The van der Waals surface area contributed by atoms with Gasteiger partial charge in [0, 0.05) is 15.7 Å². The summed E-state index contributed by atoms with van der Waals surface area (Å²) in [5, 5.41) is 4.26. The first kappa shape index (κ1) is 20.8. The maximum absolute atomic E-state index is 12.8. The van der Waals surface area contributed by atoms with Crippen LogP contribution in [0.5, 0.6) is 5.75 Å². The summed E-state index contributed by atoms with van der Waals surface area (Å²) in [7, 11) is 1.57. The zero-order valence-electron chi connectivity index (χ0n) is 16.4. The van der Waals surface area contributed by atoms with Gasteiger partial charge in [0.1, 0.15) is 5.75 Å². The van der Waals surface area contributed by atoms with Crippen molar-refractivity contribution in [2.24, 2.45) is 0 Å². The van der Waals surface area contributed by atoms with Crippen molar-refractivity contribution in [1.82, 2.24) is 0 Å². The highest BCUT2D eigenvalue weighted by molar-refractivity contribution is 6.31. The third-order valence-corrected chi connectivity index (χ3v) is 5.81. The van der Waals surface area contributed by atoms with Crippen LogP contribution in [-0.2, 0) is 4.79 Å². The van der Waals surface area contributed by atoms with Crippen molar-refractivity contribution in [3.05, 3.63) is 52.0 Å². The Morgan fingerprint density at radius 2 is 1.79 bits per heavy atom. The highest BCUT2D eigenvalue weighted by Crippen LogP contribution is 2.28. The van der Waals surface area contributed by atoms with Gasteiger partial charge in [-0.05, 0) is 49.7 Å². The molecule has 150 valence electrons. The molecule has 1 atom stereocenters. The van der Waals surface area contributed by atoms with Gasteiger partial charge in [0.2, 0.25) is 0 Å². The van der Waals surface area contributed by atoms with Crippen molar-refractivity contribution in [2.45, 2.75) is 19.9 Å². The lowest BCUT2D eigenvalue weighted by Gasteiger charge is -2.36. The number of methoxy groups -OCH3 is 1. The predicted molar refractivity (Wildman–Crippen MR) is 115 cm³/mol. The molecular formula is C21H26Cl2N3O2+. The largest absolute Gasteiger partial charge is 0.495 e. The molecule has 1 aliphatic heterocycles. The number of hydrogen-bond donors (Lipinski definition) is 2. The fourth-order valence-electron chi connectivity index (χ4n) is 3.60. The number of aryl methyl sites for hydroxylation is 1. The molecule has 2 N–H and O–H groups in total. The van der Waals surface area contributed by atoms with Gasteiger partial charge in [-0.1, -0.05) is 29.3 Å². The Hall–Kier alpha value is -1.95. The van der Waals surface area contributed by atoms with Gasteiger partial charge in [-0.2, -0.15) is 0 Å². The second-order valence-corrected chi connectivity index (χ2v) is 8.00. The molecule has 1 heterocycles. The van der Waals surface area contributed by atoms with E-state index in [1.165, 1.54) is 16.2 Å². The van der Waals surface area contributed by atoms with Crippen molar-refractivity contribution < 1.29 is 14.4 Å². The average molecular weight is 423 g/mol. The van der Waals surface area contributed by atoms with E-state index in [4.69, 9.17) is 27.9 Å². The molecule has 2 aromatic carbocycles. The molecule has 0 unspecified atom stereocenters. The summed E-state index contributed by atoms with van der Waals surface area (Å²) >= 11 is 12.2. The summed E-state index contributed by atoms with van der Waals surface area (Å²) in [6, 6.07) is 11.0. The van der Waals surface area contributed by atoms with Gasteiger partial charge in [0.25, 0.3) is 5.91 Å². The van der Waals surface area contributed by atoms with Crippen LogP contribution in [0.15, 0.2) is 36.4 Å². The molecule has 3 rings (SSSR count). The Morgan fingerprint density at radius 3 is 2.46 bits per heavy atom. The van der Waals surface area contributed by atoms with Crippen molar-refractivity contribution in [1.29, 1.82) is 0 Å². The fourth-order valence-corrected chi connectivity index (χ4v) is 3.93. The van der Waals surface area contributed by atoms with E-state index in [0.29, 0.717) is 16.5 Å². The first-order valence-corrected chi connectivity index (χ1v) is 10.1. The van der Waals surface area contributed by atoms with Crippen LogP contribution in [0.1, 0.15) is 12.5 Å². The molecule has 28 heavy (non-hydrogen) atoms. The lowest BCUT2D eigenvalue weighted by Crippen LogP contribution is -3.19. The summed E-state index contributed by atoms with van der Waals surface area (Å²) in [6.45, 7) is 7.59. The Labute approximate surface area is 176 Å². The summed E-state index contributed by atoms with van der Waals surface area (Å²) in [5.41, 5.74) is 2.98. The number of carbonyl (C=O) groups is 1. The molecule has 0 aliphatic carbocycles. The number of halogens is 2. The fraction of sp³-hybridized carbons (Fsp3) is 0.381. The van der Waals surface area contributed by atoms with E-state index in [2.05, 4.69) is 17.1 Å². The van der Waals surface area contributed by atoms with Gasteiger partial charge in [-0.3, -0.25) is 4.79 Å². The standard InChI is InChI=1S/C21H25Cl2N3O2/c1-14-4-5-17(23)13-19(14)26-10-8-25(9-11-26)15(2)21(27)24-18-12-16(22)6-7-20(18)28-3/h4-7,12-13,15H,8-11H2,1-3H3,(H,24,27)/p+1/t15-/m0/s1. The normalized spacial score (nSPS) is 16.0. The minimum atomic E-state index is -0.175. The molecule has 1 fully saturated rings. The van der Waals surface area contributed by atoms with E-state index in [1.54, 1.807) is 25.3 Å². The quantitative estimate of drug-likeness (QED) is 0.777. The van der Waals surface area contributed by atoms with Gasteiger partial charge in [-0.25, -0.2) is 0 Å². The van der Waals surface area contributed by atoms with Gasteiger partial charge in [-0.15, -0.1) is 0 Å². The maximum Gasteiger partial charge on any atom is 0.282 e. The molecule has 7 heteroatoms. The average Bonchev–Trinajstić information content (AvgIpc) is 2.69. The Morgan fingerprint density at radius 1 is 1.14 bits per heavy atom. The van der Waals surface area contributed by atoms with Gasteiger partial charge >= 0.3 is 0 Å². The van der Waals surface area contributed by atoms with Crippen LogP contribution < -0.4 is 19.9 Å². The molecule has 1 amide bonds. The second kappa shape index (κ2) is 9.03. The van der Waals surface area contributed by atoms with E-state index in [9.17, 15) is 4.79 Å². The number of amides is 1. The number of benzene rings is 2. The lowest BCUT2D eigenvalue weighted by molar-refractivity contribution is -0.914. The van der Waals surface area contributed by atoms with Crippen molar-refractivity contribution in [3.63, 3.8) is 0 Å². The highest BCUT2D eigenvalue weighted by Gasteiger charge is 2.30. The molecule has 0 aromatic heterocycles. The van der Waals surface area contributed by atoms with Crippen LogP contribution in [0.2, 0.25) is 10.0 Å². The van der Waals surface area contributed by atoms with Crippen molar-refractivity contribution >= 4 is 40.5 Å². The number of hydrogen-bond acceptors (Lipinski definition) is 3. The number of nitrogens with one attached hydrogen (secondary N) is 2. The van der Waals surface area contributed by atoms with Crippen LogP contribution in [0.4, 0.5) is 11.4 Å². The van der Waals surface area contributed by atoms with Crippen LogP contribution >= 0.6 is 23.2 Å². The Balaban J connectivity index is 1.62. The van der Waals surface area contributed by atoms with Crippen LogP contribution in [0.3, 0.4) is 0 Å². The topological polar surface area (TPSA) is 46.0 Å². The van der Waals surface area contributed by atoms with Crippen molar-refractivity contribution in [3.8, 4) is 5.75 Å². The SMILES string of the molecule is COc1ccc(Cl)cc1NC(=O)[C@H](C)[NH+]1CCN(c2cc(Cl)ccc2C)CC1. The molecule has 5 nitrogen and oxygen atoms in total. The molecule has 0 bridgehead atoms. The smallest absolute Gasteiger partial charge is 0.282 e. The minimum absolute atomic E-state index is 0.0389. The molecular weight excluding hydrogens is 397 g/mol. The maximum atomic E-state index is 12.8. The number of anilines is 2. The van der Waals surface area contributed by atoms with Gasteiger partial charge < -0.3 is 19.9 Å². The summed E-state index contributed by atoms with van der Waals surface area (Å²) in [5.74, 6) is 0.559. The predicted octanol–water partition coefficient (Wildman–Crippen LogP) is 3.04. The van der Waals surface area contributed by atoms with Crippen LogP contribution in [0, 0.1) is 6.92 Å². The Kier molecular flexibility index (Phi) is 6.70. The second-order valence-electron chi connectivity index (χ2n) is 7.13. The molecule has 2 aromatic rings. The first-order valence-electron chi connectivity index (χ1n) is 9.39. The van der Waals surface area contributed by atoms with E-state index < -0.39 is 0 Å². The first-order chi connectivity index (χ1) is 13.4. The van der Waals surface area contributed by atoms with Gasteiger partial charge in [0.15, 0.2) is 6.04 Å². The number of rotatable bonds is 5. The number of piperazine rings is 1. The highest BCUT2D eigenvalue weighted by atomic mass is 35.5. The van der Waals surface area contributed by atoms with E-state index >= 15 is 0 Å². The molecule has 1 saturated heterocycles. The van der Waals surface area contributed by atoms with E-state index in [0.717, 1.165) is 31.2 Å². The minimum Gasteiger partial charge on any atom is -0.495 e. The third-order valence-electron chi connectivity index (χ3n) is 5.34. The zero-order chi connectivity index (χ0) is 20.3. The summed E-state index contributed by atoms with van der Waals surface area (Å²) < 4.78 is 5.31. The number of quaternary nitrogens is 1. The molecule has 0 spiro atoms. The summed E-state index contributed by atoms with van der Waals surface area (Å²) in [4.78, 5) is 16.4. The van der Waals surface area contributed by atoms with Crippen LogP contribution in [0.25, 0.3) is 0 Å². The molecule has 0 saturated carbocycles.